The first-order chi connectivity index (χ1) is 6.11. The van der Waals surface area contributed by atoms with Gasteiger partial charge in [0.1, 0.15) is 0 Å². The molecule has 0 radical (unpaired) electrons. The molecule has 0 saturated carbocycles. The predicted octanol–water partition coefficient (Wildman–Crippen LogP) is 0.767. The van der Waals surface area contributed by atoms with Gasteiger partial charge in [-0.15, -0.1) is 0 Å². The molecule has 68 valence electrons. The Labute approximate surface area is 89.2 Å². The molecule has 1 amide bonds. The number of hydrogen-bond donors (Lipinski definition) is 2. The molecule has 0 saturated heterocycles. The average Bonchev–Trinajstić information content (AvgIpc) is 2.07. The van der Waals surface area contributed by atoms with Gasteiger partial charge in [-0.05, 0) is 28.7 Å². The first-order valence-electron chi connectivity index (χ1n) is 3.47. The maximum absolute atomic E-state index is 10.4. The number of nitrogens with two attached hydrogens (primary N) is 2. The summed E-state index contributed by atoms with van der Waals surface area (Å²) in [6.07, 6.45) is 6.03. The van der Waals surface area contributed by atoms with Gasteiger partial charge in [0, 0.05) is 24.0 Å². The molecule has 1 heterocycles. The number of halogens is 1. The quantitative estimate of drug-likeness (QED) is 0.623. The standard InChI is InChI=1S/C8H8IN3O/c9-6-4-12-3-5(8(6)11)1-2-7(10)13/h1-4H,(H2,10,13)(H2,11,12)/b2-1-. The monoisotopic (exact) mass is 289 g/mol. The minimum absolute atomic E-state index is 0.502. The number of carbonyl (C=O) groups is 1. The van der Waals surface area contributed by atoms with E-state index in [0.29, 0.717) is 11.3 Å². The van der Waals surface area contributed by atoms with Crippen LogP contribution in [0.25, 0.3) is 6.08 Å². The number of hydrogen-bond acceptors (Lipinski definition) is 3. The molecule has 13 heavy (non-hydrogen) atoms. The zero-order chi connectivity index (χ0) is 9.84. The van der Waals surface area contributed by atoms with Crippen LogP contribution in [0.1, 0.15) is 5.56 Å². The smallest absolute Gasteiger partial charge is 0.241 e. The lowest BCUT2D eigenvalue weighted by atomic mass is 10.2. The molecule has 1 aromatic rings. The van der Waals surface area contributed by atoms with E-state index >= 15 is 0 Å². The van der Waals surface area contributed by atoms with Gasteiger partial charge >= 0.3 is 0 Å². The van der Waals surface area contributed by atoms with E-state index < -0.39 is 5.91 Å². The molecule has 4 N–H and O–H groups in total. The Balaban J connectivity index is 3.02. The summed E-state index contributed by atoms with van der Waals surface area (Å²) in [5, 5.41) is 0. The van der Waals surface area contributed by atoms with Crippen LogP contribution in [-0.2, 0) is 4.79 Å². The minimum atomic E-state index is -0.502. The highest BCUT2D eigenvalue weighted by Crippen LogP contribution is 2.18. The van der Waals surface area contributed by atoms with Gasteiger partial charge in [0.2, 0.25) is 5.91 Å². The molecule has 1 rings (SSSR count). The van der Waals surface area contributed by atoms with Crippen molar-refractivity contribution < 1.29 is 4.79 Å². The summed E-state index contributed by atoms with van der Waals surface area (Å²) in [6, 6.07) is 0. The van der Waals surface area contributed by atoms with Gasteiger partial charge < -0.3 is 11.5 Å². The summed E-state index contributed by atoms with van der Waals surface area (Å²) in [7, 11) is 0. The number of rotatable bonds is 2. The molecule has 5 heteroatoms. The Hall–Kier alpha value is -1.11. The molecule has 0 aliphatic heterocycles. The first kappa shape index (κ1) is 9.97. The summed E-state index contributed by atoms with van der Waals surface area (Å²) in [5.41, 5.74) is 12.0. The van der Waals surface area contributed by atoms with Crippen LogP contribution in [0.3, 0.4) is 0 Å². The van der Waals surface area contributed by atoms with Crippen molar-refractivity contribution in [2.75, 3.05) is 5.73 Å². The van der Waals surface area contributed by atoms with E-state index in [0.717, 1.165) is 3.57 Å². The Morgan fingerprint density at radius 2 is 2.23 bits per heavy atom. The van der Waals surface area contributed by atoms with Gasteiger partial charge in [0.15, 0.2) is 0 Å². The summed E-state index contributed by atoms with van der Waals surface area (Å²) in [4.78, 5) is 14.4. The molecule has 0 unspecified atom stereocenters. The van der Waals surface area contributed by atoms with Gasteiger partial charge in [-0.25, -0.2) is 0 Å². The van der Waals surface area contributed by atoms with Crippen LogP contribution in [0.5, 0.6) is 0 Å². The minimum Gasteiger partial charge on any atom is -0.397 e. The largest absolute Gasteiger partial charge is 0.397 e. The number of pyridine rings is 1. The molecule has 0 fully saturated rings. The molecule has 0 bridgehead atoms. The van der Waals surface area contributed by atoms with Crippen molar-refractivity contribution in [3.63, 3.8) is 0 Å². The van der Waals surface area contributed by atoms with Crippen molar-refractivity contribution in [2.45, 2.75) is 0 Å². The van der Waals surface area contributed by atoms with Gasteiger partial charge in [0.05, 0.1) is 9.26 Å². The third kappa shape index (κ3) is 2.69. The molecule has 0 spiro atoms. The third-order valence-corrected chi connectivity index (χ3v) is 2.26. The van der Waals surface area contributed by atoms with Crippen molar-refractivity contribution in [2.24, 2.45) is 5.73 Å². The molecule has 0 aromatic carbocycles. The molecule has 0 aliphatic carbocycles. The lowest BCUT2D eigenvalue weighted by Crippen LogP contribution is -2.05. The zero-order valence-corrected chi connectivity index (χ0v) is 8.86. The second kappa shape index (κ2) is 4.22. The first-order valence-corrected chi connectivity index (χ1v) is 4.55. The topological polar surface area (TPSA) is 82.0 Å². The number of aromatic nitrogens is 1. The lowest BCUT2D eigenvalue weighted by Gasteiger charge is -2.00. The van der Waals surface area contributed by atoms with Crippen LogP contribution in [0.2, 0.25) is 0 Å². The Morgan fingerprint density at radius 3 is 2.85 bits per heavy atom. The van der Waals surface area contributed by atoms with Crippen LogP contribution in [0.15, 0.2) is 18.5 Å². The maximum atomic E-state index is 10.4. The summed E-state index contributed by atoms with van der Waals surface area (Å²) in [6.45, 7) is 0. The number of nitrogens with zero attached hydrogens (tertiary/aromatic N) is 1. The van der Waals surface area contributed by atoms with Crippen molar-refractivity contribution in [1.82, 2.24) is 4.98 Å². The van der Waals surface area contributed by atoms with E-state index in [1.807, 2.05) is 0 Å². The Bertz CT molecular complexity index is 362. The molecule has 0 aliphatic rings. The van der Waals surface area contributed by atoms with Gasteiger partial charge in [-0.3, -0.25) is 9.78 Å². The highest BCUT2D eigenvalue weighted by molar-refractivity contribution is 14.1. The number of anilines is 1. The van der Waals surface area contributed by atoms with Gasteiger partial charge in [-0.1, -0.05) is 0 Å². The Kier molecular flexibility index (Phi) is 3.24. The fourth-order valence-corrected chi connectivity index (χ4v) is 1.24. The van der Waals surface area contributed by atoms with Gasteiger partial charge in [-0.2, -0.15) is 0 Å². The summed E-state index contributed by atoms with van der Waals surface area (Å²) in [5.74, 6) is -0.502. The molecule has 4 nitrogen and oxygen atoms in total. The normalized spacial score (nSPS) is 10.5. The second-order valence-electron chi connectivity index (χ2n) is 2.36. The fraction of sp³-hybridized carbons (Fsp3) is 0. The van der Waals surface area contributed by atoms with E-state index in [2.05, 4.69) is 27.6 Å². The third-order valence-electron chi connectivity index (χ3n) is 1.40. The van der Waals surface area contributed by atoms with Crippen molar-refractivity contribution >= 4 is 40.3 Å². The van der Waals surface area contributed by atoms with Crippen molar-refractivity contribution in [3.05, 3.63) is 27.6 Å². The van der Waals surface area contributed by atoms with E-state index in [9.17, 15) is 4.79 Å². The van der Waals surface area contributed by atoms with Crippen molar-refractivity contribution in [1.29, 1.82) is 0 Å². The van der Waals surface area contributed by atoms with E-state index in [1.165, 1.54) is 6.08 Å². The van der Waals surface area contributed by atoms with Crippen LogP contribution >= 0.6 is 22.6 Å². The van der Waals surface area contributed by atoms with Crippen LogP contribution in [0, 0.1) is 3.57 Å². The zero-order valence-electron chi connectivity index (χ0n) is 6.70. The van der Waals surface area contributed by atoms with E-state index in [-0.39, 0.29) is 0 Å². The van der Waals surface area contributed by atoms with Crippen LogP contribution in [-0.4, -0.2) is 10.9 Å². The van der Waals surface area contributed by atoms with Gasteiger partial charge in [0.25, 0.3) is 0 Å². The highest BCUT2D eigenvalue weighted by atomic mass is 127. The lowest BCUT2D eigenvalue weighted by molar-refractivity contribution is -0.113. The second-order valence-corrected chi connectivity index (χ2v) is 3.52. The average molecular weight is 289 g/mol. The fourth-order valence-electron chi connectivity index (χ4n) is 0.765. The number of primary amides is 1. The number of amides is 1. The van der Waals surface area contributed by atoms with E-state index in [4.69, 9.17) is 11.5 Å². The number of nitrogen functional groups attached to an aromatic ring is 1. The summed E-state index contributed by atoms with van der Waals surface area (Å²) < 4.78 is 0.851. The molecule has 1 aromatic heterocycles. The van der Waals surface area contributed by atoms with Crippen LogP contribution < -0.4 is 11.5 Å². The van der Waals surface area contributed by atoms with Crippen molar-refractivity contribution in [3.8, 4) is 0 Å². The van der Waals surface area contributed by atoms with E-state index in [1.54, 1.807) is 18.5 Å². The predicted molar refractivity (Wildman–Crippen MR) is 59.6 cm³/mol. The van der Waals surface area contributed by atoms with Crippen LogP contribution in [0.4, 0.5) is 5.69 Å². The maximum Gasteiger partial charge on any atom is 0.241 e. The molecule has 0 atom stereocenters. The SMILES string of the molecule is NC(=O)/C=C\c1cncc(I)c1N. The molecular weight excluding hydrogens is 281 g/mol. The summed E-state index contributed by atoms with van der Waals surface area (Å²) >= 11 is 2.07. The number of carbonyl (C=O) groups excluding carboxylic acids is 1. The highest BCUT2D eigenvalue weighted by Gasteiger charge is 1.99. The Morgan fingerprint density at radius 1 is 1.54 bits per heavy atom. The molecular formula is C8H8IN3O.